The Kier molecular flexibility index (Phi) is 9.46. The van der Waals surface area contributed by atoms with Gasteiger partial charge < -0.3 is 9.47 Å². The summed E-state index contributed by atoms with van der Waals surface area (Å²) in [5.41, 5.74) is 1.18. The normalized spacial score (nSPS) is 17.0. The van der Waals surface area contributed by atoms with Gasteiger partial charge in [-0.3, -0.25) is 0 Å². The molecule has 1 aliphatic carbocycles. The van der Waals surface area contributed by atoms with E-state index in [4.69, 9.17) is 4.74 Å². The summed E-state index contributed by atoms with van der Waals surface area (Å²) in [6, 6.07) is 7.98. The van der Waals surface area contributed by atoms with Gasteiger partial charge in [0.1, 0.15) is 12.4 Å². The van der Waals surface area contributed by atoms with Crippen LogP contribution >= 0.6 is 0 Å². The molecular formula is C22H33F3O2. The Bertz CT molecular complexity index is 525. The van der Waals surface area contributed by atoms with E-state index in [-0.39, 0.29) is 6.61 Å². The lowest BCUT2D eigenvalue weighted by Gasteiger charge is -2.24. The highest BCUT2D eigenvalue weighted by molar-refractivity contribution is 5.33. The van der Waals surface area contributed by atoms with Gasteiger partial charge in [0.15, 0.2) is 0 Å². The van der Waals surface area contributed by atoms with Crippen molar-refractivity contribution in [3.8, 4) is 5.75 Å². The summed E-state index contributed by atoms with van der Waals surface area (Å²) in [7, 11) is 0. The Hall–Kier alpha value is -1.23. The lowest BCUT2D eigenvalue weighted by molar-refractivity contribution is -0.174. The molecule has 0 radical (unpaired) electrons. The zero-order chi connectivity index (χ0) is 19.5. The average molecular weight is 386 g/mol. The van der Waals surface area contributed by atoms with Gasteiger partial charge in [0.2, 0.25) is 0 Å². The van der Waals surface area contributed by atoms with Crippen LogP contribution in [-0.2, 0) is 11.2 Å². The van der Waals surface area contributed by atoms with Gasteiger partial charge in [-0.05, 0) is 42.7 Å². The van der Waals surface area contributed by atoms with Crippen LogP contribution in [-0.4, -0.2) is 26.0 Å². The molecule has 0 bridgehead atoms. The van der Waals surface area contributed by atoms with E-state index in [1.54, 1.807) is 0 Å². The maximum absolute atomic E-state index is 12.0. The van der Waals surface area contributed by atoms with Gasteiger partial charge in [0.25, 0.3) is 0 Å². The van der Waals surface area contributed by atoms with Crippen molar-refractivity contribution >= 4 is 0 Å². The molecule has 1 aromatic carbocycles. The topological polar surface area (TPSA) is 18.5 Å². The fraction of sp³-hybridized carbons (Fsp3) is 0.727. The second-order valence-corrected chi connectivity index (χ2v) is 7.86. The molecule has 0 heterocycles. The Morgan fingerprint density at radius 3 is 2.56 bits per heavy atom. The molecule has 1 aromatic rings. The summed E-state index contributed by atoms with van der Waals surface area (Å²) in [4.78, 5) is 0. The van der Waals surface area contributed by atoms with Crippen LogP contribution in [0, 0.1) is 11.8 Å². The first-order valence-electron chi connectivity index (χ1n) is 10.3. The van der Waals surface area contributed by atoms with Crippen LogP contribution in [0.1, 0.15) is 63.9 Å². The van der Waals surface area contributed by atoms with E-state index in [0.29, 0.717) is 18.9 Å². The lowest BCUT2D eigenvalue weighted by Crippen LogP contribution is -2.18. The number of hydrogen-bond donors (Lipinski definition) is 0. The van der Waals surface area contributed by atoms with Gasteiger partial charge in [-0.15, -0.1) is 0 Å². The number of rotatable bonds is 11. The maximum atomic E-state index is 12.0. The molecule has 5 heteroatoms. The number of aryl methyl sites for hydroxylation is 1. The van der Waals surface area contributed by atoms with Crippen LogP contribution in [0.25, 0.3) is 0 Å². The summed E-state index contributed by atoms with van der Waals surface area (Å²) in [6.07, 6.45) is 6.59. The molecule has 1 aliphatic rings. The number of benzene rings is 1. The predicted octanol–water partition coefficient (Wildman–Crippen LogP) is 6.57. The molecule has 27 heavy (non-hydrogen) atoms. The molecule has 2 nitrogen and oxygen atoms in total. The zero-order valence-corrected chi connectivity index (χ0v) is 16.4. The summed E-state index contributed by atoms with van der Waals surface area (Å²) in [5.74, 6) is 2.45. The number of halogens is 3. The van der Waals surface area contributed by atoms with Crippen molar-refractivity contribution in [1.82, 2.24) is 0 Å². The van der Waals surface area contributed by atoms with Crippen LogP contribution in [0.5, 0.6) is 5.75 Å². The molecule has 1 fully saturated rings. The zero-order valence-electron chi connectivity index (χ0n) is 16.4. The van der Waals surface area contributed by atoms with Gasteiger partial charge >= 0.3 is 6.18 Å². The van der Waals surface area contributed by atoms with Crippen molar-refractivity contribution in [2.75, 3.05) is 19.8 Å². The largest absolute Gasteiger partial charge is 0.493 e. The number of alkyl halides is 3. The molecule has 0 N–H and O–H groups in total. The molecule has 1 saturated carbocycles. The highest BCUT2D eigenvalue weighted by atomic mass is 19.4. The quantitative estimate of drug-likeness (QED) is 0.400. The molecule has 1 atom stereocenters. The average Bonchev–Trinajstić information content (AvgIpc) is 2.63. The lowest BCUT2D eigenvalue weighted by atomic mass is 9.82. The van der Waals surface area contributed by atoms with E-state index in [0.717, 1.165) is 24.5 Å². The van der Waals surface area contributed by atoms with E-state index in [2.05, 4.69) is 17.7 Å². The maximum Gasteiger partial charge on any atom is 0.411 e. The summed E-state index contributed by atoms with van der Waals surface area (Å²) in [6.45, 7) is 1.57. The minimum atomic E-state index is -4.26. The van der Waals surface area contributed by atoms with Crippen LogP contribution in [0.2, 0.25) is 0 Å². The highest BCUT2D eigenvalue weighted by Crippen LogP contribution is 2.31. The minimum absolute atomic E-state index is 0.0557. The molecule has 154 valence electrons. The van der Waals surface area contributed by atoms with Crippen molar-refractivity contribution in [2.24, 2.45) is 11.8 Å². The number of para-hydroxylation sites is 1. The second-order valence-electron chi connectivity index (χ2n) is 7.86. The first kappa shape index (κ1) is 22.1. The van der Waals surface area contributed by atoms with E-state index in [9.17, 15) is 13.2 Å². The molecule has 0 aromatic heterocycles. The van der Waals surface area contributed by atoms with Crippen molar-refractivity contribution in [2.45, 2.75) is 70.9 Å². The van der Waals surface area contributed by atoms with Gasteiger partial charge in [-0.1, -0.05) is 57.2 Å². The minimum Gasteiger partial charge on any atom is -0.493 e. The summed E-state index contributed by atoms with van der Waals surface area (Å²) < 4.78 is 46.5. The standard InChI is InChI=1S/C22H33F3O2/c1-18(16-19-8-3-2-4-9-19)12-13-20-10-5-6-11-21(20)27-15-7-14-26-17-22(23,24)25/h5-6,10-11,18-19H,2-4,7-9,12-17H2,1H3. The molecule has 0 aliphatic heterocycles. The predicted molar refractivity (Wildman–Crippen MR) is 102 cm³/mol. The molecular weight excluding hydrogens is 353 g/mol. The SMILES string of the molecule is CC(CCc1ccccc1OCCCOCC(F)(F)F)CC1CCCCC1. The van der Waals surface area contributed by atoms with Gasteiger partial charge in [-0.2, -0.15) is 13.2 Å². The van der Waals surface area contributed by atoms with Crippen molar-refractivity contribution in [3.05, 3.63) is 29.8 Å². The first-order chi connectivity index (χ1) is 12.9. The van der Waals surface area contributed by atoms with Crippen molar-refractivity contribution in [1.29, 1.82) is 0 Å². The third-order valence-corrected chi connectivity index (χ3v) is 5.30. The Morgan fingerprint density at radius 1 is 1.07 bits per heavy atom. The Morgan fingerprint density at radius 2 is 1.81 bits per heavy atom. The monoisotopic (exact) mass is 386 g/mol. The number of ether oxygens (including phenoxy) is 2. The van der Waals surface area contributed by atoms with Crippen LogP contribution in [0.15, 0.2) is 24.3 Å². The van der Waals surface area contributed by atoms with Gasteiger partial charge in [0.05, 0.1) is 13.2 Å². The molecule has 1 unspecified atom stereocenters. The first-order valence-corrected chi connectivity index (χ1v) is 10.3. The van der Waals surface area contributed by atoms with Crippen molar-refractivity contribution in [3.63, 3.8) is 0 Å². The van der Waals surface area contributed by atoms with Gasteiger partial charge in [-0.25, -0.2) is 0 Å². The summed E-state index contributed by atoms with van der Waals surface area (Å²) in [5, 5.41) is 0. The fourth-order valence-corrected chi connectivity index (χ4v) is 3.89. The van der Waals surface area contributed by atoms with E-state index in [1.165, 1.54) is 44.1 Å². The molecule has 0 amide bonds. The smallest absolute Gasteiger partial charge is 0.411 e. The Labute approximate surface area is 161 Å². The van der Waals surface area contributed by atoms with E-state index >= 15 is 0 Å². The van der Waals surface area contributed by atoms with Gasteiger partial charge in [0, 0.05) is 6.42 Å². The highest BCUT2D eigenvalue weighted by Gasteiger charge is 2.27. The molecule has 0 saturated heterocycles. The Balaban J connectivity index is 1.68. The van der Waals surface area contributed by atoms with Crippen molar-refractivity contribution < 1.29 is 22.6 Å². The number of hydrogen-bond acceptors (Lipinski definition) is 2. The van der Waals surface area contributed by atoms with Crippen LogP contribution in [0.3, 0.4) is 0 Å². The molecule has 2 rings (SSSR count). The fourth-order valence-electron chi connectivity index (χ4n) is 3.89. The second kappa shape index (κ2) is 11.6. The third kappa shape index (κ3) is 9.50. The van der Waals surface area contributed by atoms with E-state index in [1.807, 2.05) is 18.2 Å². The van der Waals surface area contributed by atoms with E-state index < -0.39 is 12.8 Å². The van der Waals surface area contributed by atoms with Crippen LogP contribution < -0.4 is 4.74 Å². The third-order valence-electron chi connectivity index (χ3n) is 5.30. The van der Waals surface area contributed by atoms with Crippen LogP contribution in [0.4, 0.5) is 13.2 Å². The summed E-state index contributed by atoms with van der Waals surface area (Å²) >= 11 is 0. The molecule has 0 spiro atoms.